The third-order valence-electron chi connectivity index (χ3n) is 2.80. The van der Waals surface area contributed by atoms with Gasteiger partial charge in [-0.05, 0) is 12.1 Å². The number of para-hydroxylation sites is 1. The molecular formula is C13H13N7. The Hall–Kier alpha value is -3.09. The molecule has 0 aliphatic rings. The molecule has 0 amide bonds. The van der Waals surface area contributed by atoms with Crippen LogP contribution in [-0.2, 0) is 0 Å². The molecule has 4 rings (SSSR count). The van der Waals surface area contributed by atoms with Gasteiger partial charge in [-0.2, -0.15) is 0 Å². The number of fused-ring (bicyclic) bond motifs is 2. The van der Waals surface area contributed by atoms with Gasteiger partial charge in [-0.1, -0.05) is 18.2 Å². The van der Waals surface area contributed by atoms with E-state index >= 15 is 0 Å². The molecule has 100 valence electrons. The zero-order chi connectivity index (χ0) is 13.9. The van der Waals surface area contributed by atoms with Gasteiger partial charge in [-0.3, -0.25) is 0 Å². The lowest BCUT2D eigenvalue weighted by Crippen LogP contribution is -1.91. The number of nitrogens with one attached hydrogen (secondary N) is 2. The number of hydrogen-bond donors (Lipinski definition) is 4. The standard InChI is InChI=1S/C8H8N2.C5H5N5/c9-8-5-6-3-1-2-4-7(6)10-8;6-4-3-5(9-1-7-3)10-2-8-4/h1-5,10H,9H2;1-2H,(H3,6,7,8,9,10). The Morgan fingerprint density at radius 1 is 1.00 bits per heavy atom. The van der Waals surface area contributed by atoms with Crippen LogP contribution in [0.3, 0.4) is 0 Å². The quantitative estimate of drug-likeness (QED) is 0.386. The first-order valence-corrected chi connectivity index (χ1v) is 5.97. The minimum atomic E-state index is 0.433. The van der Waals surface area contributed by atoms with E-state index in [9.17, 15) is 0 Å². The van der Waals surface area contributed by atoms with Crippen molar-refractivity contribution in [1.29, 1.82) is 0 Å². The highest BCUT2D eigenvalue weighted by Crippen LogP contribution is 2.14. The maximum atomic E-state index is 5.54. The van der Waals surface area contributed by atoms with Crippen LogP contribution in [-0.4, -0.2) is 24.9 Å². The summed E-state index contributed by atoms with van der Waals surface area (Å²) in [7, 11) is 0. The summed E-state index contributed by atoms with van der Waals surface area (Å²) in [5, 5.41) is 1.17. The molecule has 0 aliphatic heterocycles. The van der Waals surface area contributed by atoms with Crippen LogP contribution < -0.4 is 11.5 Å². The summed E-state index contributed by atoms with van der Waals surface area (Å²) in [5.41, 5.74) is 13.4. The average Bonchev–Trinajstić information content (AvgIpc) is 3.04. The molecule has 4 aromatic rings. The van der Waals surface area contributed by atoms with E-state index in [0.717, 1.165) is 11.3 Å². The number of aromatic nitrogens is 5. The van der Waals surface area contributed by atoms with E-state index in [1.54, 1.807) is 0 Å². The van der Waals surface area contributed by atoms with Crippen molar-refractivity contribution in [3.8, 4) is 0 Å². The monoisotopic (exact) mass is 267 g/mol. The molecule has 0 bridgehead atoms. The first-order chi connectivity index (χ1) is 9.74. The molecule has 0 saturated carbocycles. The minimum Gasteiger partial charge on any atom is -0.385 e. The Morgan fingerprint density at radius 3 is 2.65 bits per heavy atom. The Balaban J connectivity index is 0.000000121. The number of nitrogens with zero attached hydrogens (tertiary/aromatic N) is 3. The molecule has 1 aromatic carbocycles. The molecule has 0 fully saturated rings. The molecule has 0 radical (unpaired) electrons. The normalized spacial score (nSPS) is 10.4. The van der Waals surface area contributed by atoms with E-state index in [-0.39, 0.29) is 0 Å². The van der Waals surface area contributed by atoms with E-state index in [2.05, 4.69) is 24.9 Å². The maximum Gasteiger partial charge on any atom is 0.182 e. The Labute approximate surface area is 114 Å². The fraction of sp³-hybridized carbons (Fsp3) is 0. The van der Waals surface area contributed by atoms with Crippen molar-refractivity contribution in [3.63, 3.8) is 0 Å². The number of hydrogen-bond acceptors (Lipinski definition) is 5. The Kier molecular flexibility index (Phi) is 2.92. The lowest BCUT2D eigenvalue weighted by molar-refractivity contribution is 1.21. The van der Waals surface area contributed by atoms with Crippen LogP contribution in [0.25, 0.3) is 22.1 Å². The number of nitrogens with two attached hydrogens (primary N) is 2. The predicted molar refractivity (Wildman–Crippen MR) is 78.8 cm³/mol. The highest BCUT2D eigenvalue weighted by molar-refractivity contribution is 5.83. The van der Waals surface area contributed by atoms with Crippen molar-refractivity contribution in [2.75, 3.05) is 11.5 Å². The molecule has 0 saturated heterocycles. The molecule has 0 spiro atoms. The van der Waals surface area contributed by atoms with Crippen LogP contribution in [0.5, 0.6) is 0 Å². The molecule has 0 unspecified atom stereocenters. The summed E-state index contributed by atoms with van der Waals surface area (Å²) in [6.07, 6.45) is 2.92. The SMILES string of the molecule is Nc1cc2ccccc2[nH]1.Nc1ncnc2nc[nH]c12. The molecule has 7 heteroatoms. The summed E-state index contributed by atoms with van der Waals surface area (Å²) in [6, 6.07) is 9.94. The van der Waals surface area contributed by atoms with Crippen LogP contribution in [0, 0.1) is 0 Å². The third kappa shape index (κ3) is 2.24. The molecule has 3 heterocycles. The fourth-order valence-electron chi connectivity index (χ4n) is 1.88. The largest absolute Gasteiger partial charge is 0.385 e. The van der Waals surface area contributed by atoms with Gasteiger partial charge in [0.2, 0.25) is 0 Å². The van der Waals surface area contributed by atoms with E-state index in [1.165, 1.54) is 18.0 Å². The van der Waals surface area contributed by atoms with Crippen LogP contribution in [0.4, 0.5) is 11.6 Å². The first-order valence-electron chi connectivity index (χ1n) is 5.97. The van der Waals surface area contributed by atoms with Gasteiger partial charge in [0.25, 0.3) is 0 Å². The van der Waals surface area contributed by atoms with Gasteiger partial charge in [0, 0.05) is 10.9 Å². The molecule has 7 nitrogen and oxygen atoms in total. The van der Waals surface area contributed by atoms with Gasteiger partial charge in [-0.25, -0.2) is 15.0 Å². The first kappa shape index (κ1) is 12.0. The maximum absolute atomic E-state index is 5.54. The summed E-state index contributed by atoms with van der Waals surface area (Å²) < 4.78 is 0. The highest BCUT2D eigenvalue weighted by atomic mass is 15.0. The second-order valence-corrected chi connectivity index (χ2v) is 4.17. The van der Waals surface area contributed by atoms with Crippen LogP contribution in [0.1, 0.15) is 0 Å². The third-order valence-corrected chi connectivity index (χ3v) is 2.80. The van der Waals surface area contributed by atoms with Crippen LogP contribution in [0.2, 0.25) is 0 Å². The number of nitrogen functional groups attached to an aromatic ring is 2. The van der Waals surface area contributed by atoms with Gasteiger partial charge >= 0.3 is 0 Å². The summed E-state index contributed by atoms with van der Waals surface area (Å²) in [6.45, 7) is 0. The second-order valence-electron chi connectivity index (χ2n) is 4.17. The molecule has 20 heavy (non-hydrogen) atoms. The van der Waals surface area contributed by atoms with Crippen molar-refractivity contribution in [2.45, 2.75) is 0 Å². The van der Waals surface area contributed by atoms with E-state index in [1.807, 2.05) is 30.3 Å². The fourth-order valence-corrected chi connectivity index (χ4v) is 1.88. The second kappa shape index (κ2) is 4.88. The molecule has 0 aliphatic carbocycles. The average molecular weight is 267 g/mol. The lowest BCUT2D eigenvalue weighted by Gasteiger charge is -1.89. The lowest BCUT2D eigenvalue weighted by atomic mass is 10.3. The Morgan fingerprint density at radius 2 is 1.85 bits per heavy atom. The van der Waals surface area contributed by atoms with Crippen molar-refractivity contribution < 1.29 is 0 Å². The van der Waals surface area contributed by atoms with Crippen molar-refractivity contribution in [1.82, 2.24) is 24.9 Å². The van der Waals surface area contributed by atoms with Crippen LogP contribution in [0.15, 0.2) is 43.0 Å². The zero-order valence-electron chi connectivity index (χ0n) is 10.5. The molecule has 3 aromatic heterocycles. The van der Waals surface area contributed by atoms with Crippen molar-refractivity contribution >= 4 is 33.7 Å². The number of aromatic amines is 2. The molecular weight excluding hydrogens is 254 g/mol. The summed E-state index contributed by atoms with van der Waals surface area (Å²) >= 11 is 0. The topological polar surface area (TPSA) is 122 Å². The molecule has 0 atom stereocenters. The van der Waals surface area contributed by atoms with Gasteiger partial charge < -0.3 is 21.4 Å². The van der Waals surface area contributed by atoms with E-state index < -0.39 is 0 Å². The smallest absolute Gasteiger partial charge is 0.182 e. The van der Waals surface area contributed by atoms with Gasteiger partial charge in [0.15, 0.2) is 11.5 Å². The number of anilines is 2. The zero-order valence-corrected chi connectivity index (χ0v) is 10.5. The predicted octanol–water partition coefficient (Wildman–Crippen LogP) is 1.69. The van der Waals surface area contributed by atoms with Gasteiger partial charge in [0.05, 0.1) is 6.33 Å². The van der Waals surface area contributed by atoms with Gasteiger partial charge in [-0.15, -0.1) is 0 Å². The van der Waals surface area contributed by atoms with Gasteiger partial charge in [0.1, 0.15) is 17.7 Å². The van der Waals surface area contributed by atoms with Crippen molar-refractivity contribution in [3.05, 3.63) is 43.0 Å². The minimum absolute atomic E-state index is 0.433. The number of rotatable bonds is 0. The Bertz CT molecular complexity index is 812. The van der Waals surface area contributed by atoms with Crippen molar-refractivity contribution in [2.24, 2.45) is 0 Å². The summed E-state index contributed by atoms with van der Waals surface area (Å²) in [5.74, 6) is 1.16. The highest BCUT2D eigenvalue weighted by Gasteiger charge is 1.99. The summed E-state index contributed by atoms with van der Waals surface area (Å²) in [4.78, 5) is 17.4. The van der Waals surface area contributed by atoms with E-state index in [4.69, 9.17) is 11.5 Å². The number of imidazole rings is 1. The van der Waals surface area contributed by atoms with E-state index in [0.29, 0.717) is 17.0 Å². The number of benzene rings is 1. The van der Waals surface area contributed by atoms with Crippen LogP contribution >= 0.6 is 0 Å². The number of H-pyrrole nitrogens is 2. The molecule has 6 N–H and O–H groups in total.